The predicted molar refractivity (Wildman–Crippen MR) is 73.2 cm³/mol. The molecule has 1 aromatic rings. The largest absolute Gasteiger partial charge is 0.486 e. The van der Waals surface area contributed by atoms with Crippen molar-refractivity contribution in [3.05, 3.63) is 23.8 Å². The van der Waals surface area contributed by atoms with Gasteiger partial charge in [-0.05, 0) is 18.6 Å². The van der Waals surface area contributed by atoms with Crippen LogP contribution in [0.4, 0.5) is 0 Å². The van der Waals surface area contributed by atoms with Gasteiger partial charge in [0.2, 0.25) is 0 Å². The smallest absolute Gasteiger partial charge is 0.257 e. The van der Waals surface area contributed by atoms with Crippen molar-refractivity contribution in [1.82, 2.24) is 4.90 Å². The van der Waals surface area contributed by atoms with Crippen LogP contribution in [-0.2, 0) is 0 Å². The van der Waals surface area contributed by atoms with Gasteiger partial charge in [-0.25, -0.2) is 0 Å². The van der Waals surface area contributed by atoms with Gasteiger partial charge in [0.1, 0.15) is 13.2 Å². The predicted octanol–water partition coefficient (Wildman–Crippen LogP) is 1.05. The van der Waals surface area contributed by atoms with E-state index >= 15 is 0 Å². The Balaban J connectivity index is 0.00000133. The molecule has 6 heteroatoms. The summed E-state index contributed by atoms with van der Waals surface area (Å²) in [5.74, 6) is 1.19. The van der Waals surface area contributed by atoms with Crippen molar-refractivity contribution in [3.8, 4) is 11.5 Å². The lowest BCUT2D eigenvalue weighted by molar-refractivity contribution is 0.0780. The SMILES string of the molecule is Cl.N[C@H]1CCN(C(=O)c2cccc3c2OCCO3)C1. The first-order valence-electron chi connectivity index (χ1n) is 6.19. The Morgan fingerprint density at radius 2 is 2.11 bits per heavy atom. The summed E-state index contributed by atoms with van der Waals surface area (Å²) in [5, 5.41) is 0. The number of ether oxygens (including phenoxy) is 2. The normalized spacial score (nSPS) is 20.9. The van der Waals surface area contributed by atoms with E-state index in [9.17, 15) is 4.79 Å². The first-order valence-corrected chi connectivity index (χ1v) is 6.19. The molecule has 0 saturated carbocycles. The Morgan fingerprint density at radius 1 is 1.32 bits per heavy atom. The monoisotopic (exact) mass is 284 g/mol. The molecule has 19 heavy (non-hydrogen) atoms. The average molecular weight is 285 g/mol. The van der Waals surface area contributed by atoms with Crippen molar-refractivity contribution >= 4 is 18.3 Å². The van der Waals surface area contributed by atoms with E-state index in [1.54, 1.807) is 11.0 Å². The summed E-state index contributed by atoms with van der Waals surface area (Å²) in [7, 11) is 0. The molecule has 1 amide bonds. The molecule has 0 unspecified atom stereocenters. The number of fused-ring (bicyclic) bond motifs is 1. The number of amides is 1. The van der Waals surface area contributed by atoms with Crippen LogP contribution in [0.1, 0.15) is 16.8 Å². The third kappa shape index (κ3) is 2.62. The van der Waals surface area contributed by atoms with Crippen LogP contribution in [0.5, 0.6) is 11.5 Å². The number of halogens is 1. The van der Waals surface area contributed by atoms with Crippen LogP contribution in [0.15, 0.2) is 18.2 Å². The minimum Gasteiger partial charge on any atom is -0.486 e. The molecule has 1 fully saturated rings. The summed E-state index contributed by atoms with van der Waals surface area (Å²) >= 11 is 0. The zero-order valence-electron chi connectivity index (χ0n) is 10.5. The molecule has 2 N–H and O–H groups in total. The second-order valence-electron chi connectivity index (χ2n) is 4.63. The van der Waals surface area contributed by atoms with Gasteiger partial charge in [-0.1, -0.05) is 6.07 Å². The fourth-order valence-electron chi connectivity index (χ4n) is 2.38. The highest BCUT2D eigenvalue weighted by molar-refractivity contribution is 5.98. The number of hydrogen-bond donors (Lipinski definition) is 1. The van der Waals surface area contributed by atoms with Crippen molar-refractivity contribution in [1.29, 1.82) is 0 Å². The Hall–Kier alpha value is -1.46. The van der Waals surface area contributed by atoms with Crippen LogP contribution >= 0.6 is 12.4 Å². The van der Waals surface area contributed by atoms with E-state index in [0.29, 0.717) is 43.4 Å². The zero-order valence-corrected chi connectivity index (χ0v) is 11.3. The lowest BCUT2D eigenvalue weighted by atomic mass is 10.1. The molecule has 2 aliphatic rings. The second kappa shape index (κ2) is 5.67. The molecule has 1 saturated heterocycles. The van der Waals surface area contributed by atoms with E-state index < -0.39 is 0 Å². The molecule has 5 nitrogen and oxygen atoms in total. The van der Waals surface area contributed by atoms with Gasteiger partial charge in [0.05, 0.1) is 5.56 Å². The van der Waals surface area contributed by atoms with E-state index in [-0.39, 0.29) is 24.4 Å². The first-order chi connectivity index (χ1) is 8.75. The highest BCUT2D eigenvalue weighted by Crippen LogP contribution is 2.34. The minimum absolute atomic E-state index is 0. The zero-order chi connectivity index (χ0) is 12.5. The number of para-hydroxylation sites is 1. The van der Waals surface area contributed by atoms with Crippen molar-refractivity contribution < 1.29 is 14.3 Å². The molecule has 3 rings (SSSR count). The van der Waals surface area contributed by atoms with Crippen LogP contribution in [0, 0.1) is 0 Å². The van der Waals surface area contributed by atoms with Gasteiger partial charge < -0.3 is 20.1 Å². The van der Waals surface area contributed by atoms with Gasteiger partial charge in [0.15, 0.2) is 11.5 Å². The molecule has 104 valence electrons. The number of rotatable bonds is 1. The van der Waals surface area contributed by atoms with Crippen molar-refractivity contribution in [2.75, 3.05) is 26.3 Å². The summed E-state index contributed by atoms with van der Waals surface area (Å²) in [4.78, 5) is 14.2. The van der Waals surface area contributed by atoms with Gasteiger partial charge in [0.25, 0.3) is 5.91 Å². The molecule has 0 aromatic heterocycles. The fourth-order valence-corrected chi connectivity index (χ4v) is 2.38. The van der Waals surface area contributed by atoms with Crippen LogP contribution in [-0.4, -0.2) is 43.2 Å². The van der Waals surface area contributed by atoms with E-state index in [0.717, 1.165) is 6.42 Å². The number of hydrogen-bond acceptors (Lipinski definition) is 4. The molecule has 0 spiro atoms. The summed E-state index contributed by atoms with van der Waals surface area (Å²) < 4.78 is 11.0. The average Bonchev–Trinajstić information content (AvgIpc) is 2.84. The van der Waals surface area contributed by atoms with Gasteiger partial charge in [-0.3, -0.25) is 4.79 Å². The van der Waals surface area contributed by atoms with Gasteiger partial charge >= 0.3 is 0 Å². The van der Waals surface area contributed by atoms with Crippen LogP contribution in [0.25, 0.3) is 0 Å². The number of carbonyl (C=O) groups is 1. The molecule has 1 atom stereocenters. The molecule has 2 heterocycles. The van der Waals surface area contributed by atoms with E-state index in [4.69, 9.17) is 15.2 Å². The maximum Gasteiger partial charge on any atom is 0.257 e. The number of benzene rings is 1. The molecule has 2 aliphatic heterocycles. The molecule has 0 radical (unpaired) electrons. The van der Waals surface area contributed by atoms with Crippen molar-refractivity contribution in [3.63, 3.8) is 0 Å². The maximum atomic E-state index is 12.4. The van der Waals surface area contributed by atoms with E-state index in [1.165, 1.54) is 0 Å². The van der Waals surface area contributed by atoms with Crippen molar-refractivity contribution in [2.24, 2.45) is 5.73 Å². The van der Waals surface area contributed by atoms with Gasteiger partial charge in [-0.2, -0.15) is 0 Å². The minimum atomic E-state index is -0.0229. The van der Waals surface area contributed by atoms with Gasteiger partial charge in [0, 0.05) is 19.1 Å². The Labute approximate surface area is 118 Å². The first kappa shape index (κ1) is 14.0. The molecule has 1 aromatic carbocycles. The molecule has 0 bridgehead atoms. The van der Waals surface area contributed by atoms with Crippen molar-refractivity contribution in [2.45, 2.75) is 12.5 Å². The Bertz CT molecular complexity index is 481. The van der Waals surface area contributed by atoms with Crippen LogP contribution < -0.4 is 15.2 Å². The molecular formula is C13H17ClN2O3. The number of nitrogens with two attached hydrogens (primary N) is 1. The van der Waals surface area contributed by atoms with E-state index in [1.807, 2.05) is 12.1 Å². The maximum absolute atomic E-state index is 12.4. The van der Waals surface area contributed by atoms with Crippen LogP contribution in [0.3, 0.4) is 0 Å². The molecular weight excluding hydrogens is 268 g/mol. The summed E-state index contributed by atoms with van der Waals surface area (Å²) in [6, 6.07) is 5.50. The standard InChI is InChI=1S/C13H16N2O3.ClH/c14-9-4-5-15(8-9)13(16)10-2-1-3-11-12(10)18-7-6-17-11;/h1-3,9H,4-8,14H2;1H/t9-;/m0./s1. The van der Waals surface area contributed by atoms with Gasteiger partial charge in [-0.15, -0.1) is 12.4 Å². The second-order valence-corrected chi connectivity index (χ2v) is 4.63. The summed E-state index contributed by atoms with van der Waals surface area (Å²) in [6.45, 7) is 2.34. The van der Waals surface area contributed by atoms with Crippen LogP contribution in [0.2, 0.25) is 0 Å². The molecule has 0 aliphatic carbocycles. The fraction of sp³-hybridized carbons (Fsp3) is 0.462. The summed E-state index contributed by atoms with van der Waals surface area (Å²) in [5.41, 5.74) is 6.40. The number of likely N-dealkylation sites (tertiary alicyclic amines) is 1. The number of carbonyl (C=O) groups excluding carboxylic acids is 1. The lowest BCUT2D eigenvalue weighted by Crippen LogP contribution is -2.32. The number of nitrogens with zero attached hydrogens (tertiary/aromatic N) is 1. The Morgan fingerprint density at radius 3 is 2.84 bits per heavy atom. The highest BCUT2D eigenvalue weighted by atomic mass is 35.5. The highest BCUT2D eigenvalue weighted by Gasteiger charge is 2.28. The third-order valence-electron chi connectivity index (χ3n) is 3.31. The Kier molecular flexibility index (Phi) is 4.17. The quantitative estimate of drug-likeness (QED) is 0.837. The third-order valence-corrected chi connectivity index (χ3v) is 3.31. The van der Waals surface area contributed by atoms with E-state index in [2.05, 4.69) is 0 Å². The lowest BCUT2D eigenvalue weighted by Gasteiger charge is -2.23. The summed E-state index contributed by atoms with van der Waals surface area (Å²) in [6.07, 6.45) is 0.859. The topological polar surface area (TPSA) is 64.8 Å².